The Labute approximate surface area is 88.2 Å². The van der Waals surface area contributed by atoms with Crippen molar-refractivity contribution in [2.45, 2.75) is 31.6 Å². The lowest BCUT2D eigenvalue weighted by molar-refractivity contribution is 0.499. The quantitative estimate of drug-likeness (QED) is 0.710. The normalized spacial score (nSPS) is 18.2. The zero-order chi connectivity index (χ0) is 9.80. The maximum Gasteiger partial charge on any atom is 0.318 e. The van der Waals surface area contributed by atoms with Crippen LogP contribution < -0.4 is 4.90 Å². The number of aromatic nitrogens is 2. The number of hydrogen-bond donors (Lipinski definition) is 0. The molecule has 78 valence electrons. The lowest BCUT2D eigenvalue weighted by atomic mass is 10.2. The van der Waals surface area contributed by atoms with Crippen LogP contribution in [0.25, 0.3) is 0 Å². The summed E-state index contributed by atoms with van der Waals surface area (Å²) in [5.74, 6) is 0.798. The monoisotopic (exact) mass is 215 g/mol. The maximum absolute atomic E-state index is 5.60. The largest absolute Gasteiger partial charge is 0.407 e. The molecule has 5 heteroatoms. The smallest absolute Gasteiger partial charge is 0.318 e. The van der Waals surface area contributed by atoms with Crippen LogP contribution in [-0.4, -0.2) is 23.3 Å². The predicted octanol–water partition coefficient (Wildman–Crippen LogP) is 2.19. The number of rotatable bonds is 2. The summed E-state index contributed by atoms with van der Waals surface area (Å²) in [6.07, 6.45) is 5.01. The topological polar surface area (TPSA) is 42.2 Å². The molecule has 0 N–H and O–H groups in total. The van der Waals surface area contributed by atoms with Gasteiger partial charge in [-0.1, -0.05) is 17.9 Å². The predicted molar refractivity (Wildman–Crippen MR) is 54.5 cm³/mol. The van der Waals surface area contributed by atoms with Gasteiger partial charge in [-0.3, -0.25) is 0 Å². The summed E-state index contributed by atoms with van der Waals surface area (Å²) >= 11 is 5.60. The molecule has 1 aromatic heterocycles. The lowest BCUT2D eigenvalue weighted by Crippen LogP contribution is -2.24. The summed E-state index contributed by atoms with van der Waals surface area (Å²) in [5.41, 5.74) is 0. The fourth-order valence-corrected chi connectivity index (χ4v) is 1.80. The van der Waals surface area contributed by atoms with E-state index in [9.17, 15) is 0 Å². The van der Waals surface area contributed by atoms with Crippen LogP contribution in [0, 0.1) is 0 Å². The molecule has 2 heterocycles. The molecule has 0 unspecified atom stereocenters. The van der Waals surface area contributed by atoms with Crippen LogP contribution in [0.5, 0.6) is 0 Å². The van der Waals surface area contributed by atoms with Crippen molar-refractivity contribution in [2.24, 2.45) is 0 Å². The van der Waals surface area contributed by atoms with Crippen molar-refractivity contribution in [1.29, 1.82) is 0 Å². The first-order valence-corrected chi connectivity index (χ1v) is 5.57. The molecular weight excluding hydrogens is 202 g/mol. The first kappa shape index (κ1) is 9.77. The van der Waals surface area contributed by atoms with Gasteiger partial charge in [0.25, 0.3) is 0 Å². The van der Waals surface area contributed by atoms with Crippen molar-refractivity contribution in [1.82, 2.24) is 10.2 Å². The van der Waals surface area contributed by atoms with E-state index in [0.29, 0.717) is 17.8 Å². The Kier molecular flexibility index (Phi) is 3.24. The van der Waals surface area contributed by atoms with E-state index in [4.69, 9.17) is 16.0 Å². The zero-order valence-corrected chi connectivity index (χ0v) is 8.83. The highest BCUT2D eigenvalue weighted by Gasteiger charge is 2.15. The van der Waals surface area contributed by atoms with Gasteiger partial charge in [-0.25, -0.2) is 0 Å². The molecule has 0 atom stereocenters. The van der Waals surface area contributed by atoms with Crippen LogP contribution in [0.3, 0.4) is 0 Å². The molecule has 1 aromatic rings. The molecular formula is C9H14ClN3O. The Balaban J connectivity index is 2.04. The maximum atomic E-state index is 5.60. The molecule has 0 aromatic carbocycles. The summed E-state index contributed by atoms with van der Waals surface area (Å²) in [4.78, 5) is 2.15. The molecule has 1 aliphatic heterocycles. The van der Waals surface area contributed by atoms with Gasteiger partial charge in [0.1, 0.15) is 5.88 Å². The van der Waals surface area contributed by atoms with Crippen molar-refractivity contribution in [3.8, 4) is 0 Å². The van der Waals surface area contributed by atoms with Gasteiger partial charge in [0.2, 0.25) is 5.89 Å². The number of alkyl halides is 1. The van der Waals surface area contributed by atoms with Crippen molar-refractivity contribution in [3.63, 3.8) is 0 Å². The molecule has 0 radical (unpaired) electrons. The third-order valence-corrected chi connectivity index (χ3v) is 2.68. The molecule has 0 aliphatic carbocycles. The van der Waals surface area contributed by atoms with Gasteiger partial charge in [0, 0.05) is 13.1 Å². The van der Waals surface area contributed by atoms with E-state index in [0.717, 1.165) is 13.1 Å². The Morgan fingerprint density at radius 1 is 1.14 bits per heavy atom. The van der Waals surface area contributed by atoms with Gasteiger partial charge in [-0.15, -0.1) is 16.7 Å². The number of anilines is 1. The van der Waals surface area contributed by atoms with E-state index in [2.05, 4.69) is 15.1 Å². The molecule has 0 spiro atoms. The highest BCUT2D eigenvalue weighted by Crippen LogP contribution is 2.18. The van der Waals surface area contributed by atoms with Gasteiger partial charge in [-0.05, 0) is 12.8 Å². The van der Waals surface area contributed by atoms with E-state index in [-0.39, 0.29) is 0 Å². The van der Waals surface area contributed by atoms with E-state index in [1.807, 2.05) is 0 Å². The van der Waals surface area contributed by atoms with Gasteiger partial charge in [0.15, 0.2) is 0 Å². The Bertz CT molecular complexity index is 281. The van der Waals surface area contributed by atoms with Crippen molar-refractivity contribution in [2.75, 3.05) is 18.0 Å². The van der Waals surface area contributed by atoms with E-state index in [1.54, 1.807) is 0 Å². The molecule has 2 rings (SSSR count). The highest BCUT2D eigenvalue weighted by atomic mass is 35.5. The second-order valence-electron chi connectivity index (χ2n) is 3.51. The van der Waals surface area contributed by atoms with Crippen LogP contribution >= 0.6 is 11.6 Å². The minimum Gasteiger partial charge on any atom is -0.407 e. The van der Waals surface area contributed by atoms with Crippen LogP contribution in [0.2, 0.25) is 0 Å². The average Bonchev–Trinajstić information content (AvgIpc) is 2.53. The first-order valence-electron chi connectivity index (χ1n) is 5.03. The van der Waals surface area contributed by atoms with E-state index >= 15 is 0 Å². The van der Waals surface area contributed by atoms with Crippen molar-refractivity contribution in [3.05, 3.63) is 5.89 Å². The van der Waals surface area contributed by atoms with Crippen LogP contribution in [0.1, 0.15) is 31.6 Å². The fraction of sp³-hybridized carbons (Fsp3) is 0.778. The fourth-order valence-electron chi connectivity index (χ4n) is 1.69. The molecule has 0 saturated carbocycles. The minimum absolute atomic E-state index is 0.292. The highest BCUT2D eigenvalue weighted by molar-refractivity contribution is 6.16. The molecule has 1 aliphatic rings. The van der Waals surface area contributed by atoms with Gasteiger partial charge in [-0.2, -0.15) is 0 Å². The standard InChI is InChI=1S/C9H14ClN3O/c10-7-8-11-12-9(14-8)13-5-3-1-2-4-6-13/h1-7H2. The Morgan fingerprint density at radius 3 is 2.43 bits per heavy atom. The Morgan fingerprint density at radius 2 is 1.86 bits per heavy atom. The number of hydrogen-bond acceptors (Lipinski definition) is 4. The third kappa shape index (κ3) is 2.18. The van der Waals surface area contributed by atoms with Crippen molar-refractivity contribution >= 4 is 17.6 Å². The second-order valence-corrected chi connectivity index (χ2v) is 3.78. The first-order chi connectivity index (χ1) is 6.90. The minimum atomic E-state index is 0.292. The molecule has 1 saturated heterocycles. The summed E-state index contributed by atoms with van der Waals surface area (Å²) in [6.45, 7) is 2.04. The van der Waals surface area contributed by atoms with Gasteiger partial charge in [0.05, 0.1) is 0 Å². The van der Waals surface area contributed by atoms with Crippen LogP contribution in [0.15, 0.2) is 4.42 Å². The molecule has 14 heavy (non-hydrogen) atoms. The SMILES string of the molecule is ClCc1nnc(N2CCCCCC2)o1. The van der Waals surface area contributed by atoms with Gasteiger partial charge < -0.3 is 9.32 Å². The van der Waals surface area contributed by atoms with E-state index < -0.39 is 0 Å². The van der Waals surface area contributed by atoms with Crippen LogP contribution in [-0.2, 0) is 5.88 Å². The molecule has 0 amide bonds. The van der Waals surface area contributed by atoms with Crippen LogP contribution in [0.4, 0.5) is 6.01 Å². The van der Waals surface area contributed by atoms with E-state index in [1.165, 1.54) is 25.7 Å². The number of nitrogens with zero attached hydrogens (tertiary/aromatic N) is 3. The summed E-state index contributed by atoms with van der Waals surface area (Å²) in [6, 6.07) is 0.627. The van der Waals surface area contributed by atoms with Gasteiger partial charge >= 0.3 is 6.01 Å². The van der Waals surface area contributed by atoms with Crippen molar-refractivity contribution < 1.29 is 4.42 Å². The summed E-state index contributed by atoms with van der Waals surface area (Å²) in [7, 11) is 0. The zero-order valence-electron chi connectivity index (χ0n) is 8.08. The molecule has 1 fully saturated rings. The summed E-state index contributed by atoms with van der Waals surface area (Å²) in [5, 5.41) is 7.83. The summed E-state index contributed by atoms with van der Waals surface area (Å²) < 4.78 is 5.40. The number of halogens is 1. The second kappa shape index (κ2) is 4.64. The molecule has 4 nitrogen and oxygen atoms in total. The Hall–Kier alpha value is -0.770. The third-order valence-electron chi connectivity index (χ3n) is 2.45. The molecule has 0 bridgehead atoms. The average molecular weight is 216 g/mol. The lowest BCUT2D eigenvalue weighted by Gasteiger charge is -2.16.